The molecule has 0 aliphatic heterocycles. The first-order chi connectivity index (χ1) is 13.0. The van der Waals surface area contributed by atoms with Gasteiger partial charge in [-0.05, 0) is 35.2 Å². The van der Waals surface area contributed by atoms with Crippen molar-refractivity contribution in [2.24, 2.45) is 0 Å². The Labute approximate surface area is 172 Å². The summed E-state index contributed by atoms with van der Waals surface area (Å²) in [5.74, 6) is 1.22. The van der Waals surface area contributed by atoms with E-state index in [9.17, 15) is 0 Å². The van der Waals surface area contributed by atoms with E-state index in [0.717, 1.165) is 27.0 Å². The number of thiophene rings is 1. The van der Waals surface area contributed by atoms with Gasteiger partial charge in [-0.15, -0.1) is 11.3 Å². The van der Waals surface area contributed by atoms with Crippen molar-refractivity contribution in [3.8, 4) is 11.1 Å². The van der Waals surface area contributed by atoms with Crippen molar-refractivity contribution in [1.29, 1.82) is 0 Å². The van der Waals surface area contributed by atoms with E-state index in [1.165, 1.54) is 5.56 Å². The number of fused-ring (bicyclic) bond motifs is 1. The van der Waals surface area contributed by atoms with E-state index in [4.69, 9.17) is 23.2 Å². The zero-order valence-corrected chi connectivity index (χ0v) is 17.2. The predicted molar refractivity (Wildman–Crippen MR) is 117 cm³/mol. The summed E-state index contributed by atoms with van der Waals surface area (Å²) in [7, 11) is 0. The van der Waals surface area contributed by atoms with Crippen molar-refractivity contribution < 1.29 is 0 Å². The number of anilines is 2. The van der Waals surface area contributed by atoms with E-state index < -0.39 is 0 Å². The first-order valence-electron chi connectivity index (χ1n) is 8.57. The van der Waals surface area contributed by atoms with Crippen LogP contribution < -0.4 is 5.32 Å². The Hall–Kier alpha value is -2.14. The molecule has 2 aromatic heterocycles. The summed E-state index contributed by atoms with van der Waals surface area (Å²) < 4.78 is 0. The molecule has 0 amide bonds. The van der Waals surface area contributed by atoms with Gasteiger partial charge in [-0.1, -0.05) is 61.3 Å². The van der Waals surface area contributed by atoms with E-state index in [0.29, 0.717) is 21.8 Å². The van der Waals surface area contributed by atoms with Gasteiger partial charge in [0.25, 0.3) is 0 Å². The maximum atomic E-state index is 6.31. The Kier molecular flexibility index (Phi) is 5.04. The van der Waals surface area contributed by atoms with Crippen LogP contribution in [-0.4, -0.2) is 9.97 Å². The van der Waals surface area contributed by atoms with E-state index in [1.807, 2.05) is 0 Å². The molecule has 0 bridgehead atoms. The van der Waals surface area contributed by atoms with Gasteiger partial charge in [0.15, 0.2) is 0 Å². The maximum absolute atomic E-state index is 6.31. The summed E-state index contributed by atoms with van der Waals surface area (Å²) in [6.45, 7) is 4.39. The summed E-state index contributed by atoms with van der Waals surface area (Å²) >= 11 is 14.0. The fourth-order valence-electron chi connectivity index (χ4n) is 2.95. The number of hydrogen-bond donors (Lipinski definition) is 1. The maximum Gasteiger partial charge on any atom is 0.143 e. The average Bonchev–Trinajstić information content (AvgIpc) is 3.10. The lowest BCUT2D eigenvalue weighted by Gasteiger charge is -2.11. The van der Waals surface area contributed by atoms with Crippen LogP contribution in [0.3, 0.4) is 0 Å². The van der Waals surface area contributed by atoms with Crippen molar-refractivity contribution in [3.05, 3.63) is 69.8 Å². The van der Waals surface area contributed by atoms with Gasteiger partial charge in [-0.25, -0.2) is 9.97 Å². The van der Waals surface area contributed by atoms with Gasteiger partial charge in [0.2, 0.25) is 0 Å². The van der Waals surface area contributed by atoms with Crippen LogP contribution in [0.25, 0.3) is 21.3 Å². The van der Waals surface area contributed by atoms with Crippen molar-refractivity contribution in [2.45, 2.75) is 19.8 Å². The Morgan fingerprint density at radius 3 is 2.52 bits per heavy atom. The molecule has 27 heavy (non-hydrogen) atoms. The van der Waals surface area contributed by atoms with Gasteiger partial charge in [0, 0.05) is 16.0 Å². The molecule has 1 N–H and O–H groups in total. The standard InChI is InChI=1S/C21H17Cl2N3S/c1-12(2)13-3-5-14(6-4-13)16-10-27-21-19(16)20(24-11-25-21)26-18-9-15(22)7-8-17(18)23/h3-12H,1-2H3,(H,24,25,26). The summed E-state index contributed by atoms with van der Waals surface area (Å²) in [6.07, 6.45) is 1.56. The van der Waals surface area contributed by atoms with E-state index in [1.54, 1.807) is 35.9 Å². The fraction of sp³-hybridized carbons (Fsp3) is 0.143. The molecule has 2 heterocycles. The van der Waals surface area contributed by atoms with E-state index >= 15 is 0 Å². The van der Waals surface area contributed by atoms with Crippen LogP contribution in [0.1, 0.15) is 25.3 Å². The summed E-state index contributed by atoms with van der Waals surface area (Å²) in [5, 5.41) is 7.62. The highest BCUT2D eigenvalue weighted by molar-refractivity contribution is 7.17. The number of halogens is 2. The lowest BCUT2D eigenvalue weighted by molar-refractivity contribution is 0.867. The molecule has 3 nitrogen and oxygen atoms in total. The lowest BCUT2D eigenvalue weighted by Crippen LogP contribution is -1.96. The van der Waals surface area contributed by atoms with Crippen molar-refractivity contribution in [3.63, 3.8) is 0 Å². The van der Waals surface area contributed by atoms with E-state index in [2.05, 4.69) is 58.8 Å². The Morgan fingerprint density at radius 2 is 1.78 bits per heavy atom. The van der Waals surface area contributed by atoms with Crippen LogP contribution >= 0.6 is 34.5 Å². The molecule has 0 fully saturated rings. The number of hydrogen-bond acceptors (Lipinski definition) is 4. The highest BCUT2D eigenvalue weighted by atomic mass is 35.5. The van der Waals surface area contributed by atoms with Crippen LogP contribution in [0.4, 0.5) is 11.5 Å². The van der Waals surface area contributed by atoms with Gasteiger partial charge in [0.05, 0.1) is 16.1 Å². The normalized spacial score (nSPS) is 11.3. The summed E-state index contributed by atoms with van der Waals surface area (Å²) in [6, 6.07) is 14.0. The molecule has 4 aromatic rings. The second-order valence-corrected chi connectivity index (χ2v) is 8.28. The lowest BCUT2D eigenvalue weighted by atomic mass is 9.99. The van der Waals surface area contributed by atoms with Gasteiger partial charge >= 0.3 is 0 Å². The third-order valence-electron chi connectivity index (χ3n) is 4.44. The first kappa shape index (κ1) is 18.2. The number of aromatic nitrogens is 2. The second kappa shape index (κ2) is 7.47. The molecule has 2 aromatic carbocycles. The molecule has 0 radical (unpaired) electrons. The van der Waals surface area contributed by atoms with Crippen LogP contribution in [0.5, 0.6) is 0 Å². The molecular weight excluding hydrogens is 397 g/mol. The monoisotopic (exact) mass is 413 g/mol. The topological polar surface area (TPSA) is 37.8 Å². The summed E-state index contributed by atoms with van der Waals surface area (Å²) in [4.78, 5) is 9.81. The minimum atomic E-state index is 0.504. The molecule has 0 saturated heterocycles. The molecule has 136 valence electrons. The molecule has 6 heteroatoms. The SMILES string of the molecule is CC(C)c1ccc(-c2csc3ncnc(Nc4cc(Cl)ccc4Cl)c23)cc1. The van der Waals surface area contributed by atoms with Crippen LogP contribution in [-0.2, 0) is 0 Å². The number of benzene rings is 2. The molecule has 0 aliphatic rings. The molecule has 0 atom stereocenters. The number of nitrogens with one attached hydrogen (secondary N) is 1. The van der Waals surface area contributed by atoms with Gasteiger partial charge < -0.3 is 5.32 Å². The minimum Gasteiger partial charge on any atom is -0.338 e. The molecule has 0 spiro atoms. The average molecular weight is 414 g/mol. The molecule has 0 aliphatic carbocycles. The van der Waals surface area contributed by atoms with Gasteiger partial charge in [0.1, 0.15) is 17.0 Å². The smallest absolute Gasteiger partial charge is 0.143 e. The Balaban J connectivity index is 1.81. The second-order valence-electron chi connectivity index (χ2n) is 6.58. The summed E-state index contributed by atoms with van der Waals surface area (Å²) in [5.41, 5.74) is 4.28. The molecule has 4 rings (SSSR count). The molecule has 0 saturated carbocycles. The largest absolute Gasteiger partial charge is 0.338 e. The predicted octanol–water partition coefficient (Wildman–Crippen LogP) is 7.53. The zero-order valence-electron chi connectivity index (χ0n) is 14.8. The number of rotatable bonds is 4. The quantitative estimate of drug-likeness (QED) is 0.375. The molecule has 0 unspecified atom stereocenters. The Bertz CT molecular complexity index is 1100. The van der Waals surface area contributed by atoms with Crippen LogP contribution in [0.2, 0.25) is 10.0 Å². The van der Waals surface area contributed by atoms with Crippen molar-refractivity contribution >= 4 is 56.3 Å². The highest BCUT2D eigenvalue weighted by Gasteiger charge is 2.14. The van der Waals surface area contributed by atoms with Crippen molar-refractivity contribution in [1.82, 2.24) is 9.97 Å². The van der Waals surface area contributed by atoms with E-state index in [-0.39, 0.29) is 0 Å². The Morgan fingerprint density at radius 1 is 1.00 bits per heavy atom. The minimum absolute atomic E-state index is 0.504. The van der Waals surface area contributed by atoms with Crippen molar-refractivity contribution in [2.75, 3.05) is 5.32 Å². The number of nitrogens with zero attached hydrogens (tertiary/aromatic N) is 2. The van der Waals surface area contributed by atoms with Crippen LogP contribution in [0, 0.1) is 0 Å². The van der Waals surface area contributed by atoms with Crippen LogP contribution in [0.15, 0.2) is 54.2 Å². The fourth-order valence-corrected chi connectivity index (χ4v) is 4.20. The highest BCUT2D eigenvalue weighted by Crippen LogP contribution is 2.39. The van der Waals surface area contributed by atoms with Gasteiger partial charge in [-0.3, -0.25) is 0 Å². The third-order valence-corrected chi connectivity index (χ3v) is 5.89. The molecular formula is C21H17Cl2N3S. The first-order valence-corrected chi connectivity index (χ1v) is 10.2. The van der Waals surface area contributed by atoms with Gasteiger partial charge in [-0.2, -0.15) is 0 Å². The third kappa shape index (κ3) is 3.65. The zero-order chi connectivity index (χ0) is 19.0.